The molecule has 0 aliphatic heterocycles. The van der Waals surface area contributed by atoms with Crippen LogP contribution in [0.1, 0.15) is 10.4 Å². The van der Waals surface area contributed by atoms with Crippen molar-refractivity contribution in [3.05, 3.63) is 23.9 Å². The Labute approximate surface area is 79.8 Å². The van der Waals surface area contributed by atoms with Crippen LogP contribution >= 0.6 is 0 Å². The van der Waals surface area contributed by atoms with Crippen LogP contribution < -0.4 is 9.86 Å². The van der Waals surface area contributed by atoms with Crippen LogP contribution in [-0.4, -0.2) is 24.5 Å². The lowest BCUT2D eigenvalue weighted by Crippen LogP contribution is -2.22. The molecular formula is C6H7N3O4S. The van der Waals surface area contributed by atoms with Gasteiger partial charge < -0.3 is 5.11 Å². The zero-order chi connectivity index (χ0) is 10.8. The lowest BCUT2D eigenvalue weighted by molar-refractivity contribution is 0.0696. The summed E-state index contributed by atoms with van der Waals surface area (Å²) < 4.78 is 23.0. The first-order valence-corrected chi connectivity index (χ1v) is 4.93. The molecule has 0 aromatic carbocycles. The summed E-state index contributed by atoms with van der Waals surface area (Å²) >= 11 is 0. The fourth-order valence-corrected chi connectivity index (χ4v) is 1.14. The van der Waals surface area contributed by atoms with Crippen molar-refractivity contribution in [2.45, 2.75) is 0 Å². The summed E-state index contributed by atoms with van der Waals surface area (Å²) in [5.74, 6) is -1.17. The number of rotatable bonds is 3. The van der Waals surface area contributed by atoms with Crippen molar-refractivity contribution in [1.29, 1.82) is 0 Å². The van der Waals surface area contributed by atoms with Crippen LogP contribution in [0.4, 0.5) is 5.82 Å². The van der Waals surface area contributed by atoms with E-state index in [0.717, 1.165) is 6.20 Å². The number of anilines is 1. The third-order valence-corrected chi connectivity index (χ3v) is 1.75. The Morgan fingerprint density at radius 2 is 2.14 bits per heavy atom. The summed E-state index contributed by atoms with van der Waals surface area (Å²) in [6, 6.07) is 2.41. The summed E-state index contributed by atoms with van der Waals surface area (Å²) in [7, 11) is -3.87. The minimum Gasteiger partial charge on any atom is -0.478 e. The van der Waals surface area contributed by atoms with Gasteiger partial charge in [-0.3, -0.25) is 4.72 Å². The largest absolute Gasteiger partial charge is 0.478 e. The Kier molecular flexibility index (Phi) is 2.68. The first kappa shape index (κ1) is 10.4. The molecule has 0 unspecified atom stereocenters. The minimum absolute atomic E-state index is 0.0301. The molecule has 0 aliphatic rings. The highest BCUT2D eigenvalue weighted by molar-refractivity contribution is 7.90. The third-order valence-electron chi connectivity index (χ3n) is 1.26. The van der Waals surface area contributed by atoms with Crippen molar-refractivity contribution in [3.8, 4) is 0 Å². The Hall–Kier alpha value is -1.67. The Bertz CT molecular complexity index is 439. The fourth-order valence-electron chi connectivity index (χ4n) is 0.726. The van der Waals surface area contributed by atoms with Crippen molar-refractivity contribution in [2.75, 3.05) is 4.72 Å². The summed E-state index contributed by atoms with van der Waals surface area (Å²) in [6.07, 6.45) is 1.02. The highest BCUT2D eigenvalue weighted by Crippen LogP contribution is 2.05. The topological polar surface area (TPSA) is 122 Å². The molecule has 0 bridgehead atoms. The predicted molar refractivity (Wildman–Crippen MR) is 47.9 cm³/mol. The number of nitrogens with one attached hydrogen (secondary N) is 1. The van der Waals surface area contributed by atoms with Crippen LogP contribution in [0.15, 0.2) is 18.3 Å². The molecule has 1 aromatic heterocycles. The van der Waals surface area contributed by atoms with Crippen molar-refractivity contribution in [1.82, 2.24) is 4.98 Å². The van der Waals surface area contributed by atoms with Gasteiger partial charge in [-0.2, -0.15) is 8.42 Å². The van der Waals surface area contributed by atoms with Gasteiger partial charge in [-0.25, -0.2) is 14.9 Å². The van der Waals surface area contributed by atoms with Gasteiger partial charge in [-0.1, -0.05) is 0 Å². The van der Waals surface area contributed by atoms with Crippen molar-refractivity contribution in [2.24, 2.45) is 5.14 Å². The van der Waals surface area contributed by atoms with Crippen LogP contribution in [0.5, 0.6) is 0 Å². The van der Waals surface area contributed by atoms with Crippen LogP contribution in [0.3, 0.4) is 0 Å². The maximum atomic E-state index is 10.5. The van der Waals surface area contributed by atoms with E-state index in [9.17, 15) is 13.2 Å². The number of carboxylic acids is 1. The number of aromatic carboxylic acids is 1. The zero-order valence-corrected chi connectivity index (χ0v) is 7.65. The maximum Gasteiger partial charge on any atom is 0.337 e. The quantitative estimate of drug-likeness (QED) is 0.623. The second-order valence-electron chi connectivity index (χ2n) is 2.38. The maximum absolute atomic E-state index is 10.5. The zero-order valence-electron chi connectivity index (χ0n) is 6.84. The Balaban J connectivity index is 2.90. The van der Waals surface area contributed by atoms with E-state index in [1.165, 1.54) is 12.1 Å². The number of carbonyl (C=O) groups is 1. The van der Waals surface area contributed by atoms with Gasteiger partial charge in [0.1, 0.15) is 5.82 Å². The molecule has 76 valence electrons. The lowest BCUT2D eigenvalue weighted by atomic mass is 10.3. The van der Waals surface area contributed by atoms with E-state index in [1.807, 2.05) is 4.72 Å². The predicted octanol–water partition coefficient (Wildman–Crippen LogP) is -0.605. The molecule has 1 rings (SSSR count). The molecule has 0 radical (unpaired) electrons. The molecule has 0 fully saturated rings. The van der Waals surface area contributed by atoms with E-state index in [1.54, 1.807) is 0 Å². The standard InChI is InChI=1S/C6H7N3O4S/c7-14(12,13)9-5-2-1-4(3-8-5)6(10)11/h1-3H,(H,8,9)(H,10,11)(H2,7,12,13). The fraction of sp³-hybridized carbons (Fsp3) is 0. The van der Waals surface area contributed by atoms with Crippen molar-refractivity contribution >= 4 is 22.0 Å². The highest BCUT2D eigenvalue weighted by Gasteiger charge is 2.05. The number of hydrogen-bond acceptors (Lipinski definition) is 4. The number of hydrogen-bond donors (Lipinski definition) is 3. The van der Waals surface area contributed by atoms with Crippen molar-refractivity contribution < 1.29 is 18.3 Å². The van der Waals surface area contributed by atoms with Gasteiger partial charge in [0, 0.05) is 6.20 Å². The second kappa shape index (κ2) is 3.60. The average Bonchev–Trinajstić information content (AvgIpc) is 2.02. The summed E-state index contributed by atoms with van der Waals surface area (Å²) in [5, 5.41) is 13.2. The van der Waals surface area contributed by atoms with Gasteiger partial charge >= 0.3 is 5.97 Å². The molecule has 14 heavy (non-hydrogen) atoms. The monoisotopic (exact) mass is 217 g/mol. The molecule has 0 spiro atoms. The summed E-state index contributed by atoms with van der Waals surface area (Å²) in [5.41, 5.74) is -0.0371. The van der Waals surface area contributed by atoms with Gasteiger partial charge in [0.25, 0.3) is 10.2 Å². The number of carboxylic acid groups (broad SMARTS) is 1. The highest BCUT2D eigenvalue weighted by atomic mass is 32.2. The van der Waals surface area contributed by atoms with E-state index in [2.05, 4.69) is 10.1 Å². The molecule has 0 atom stereocenters. The number of nitrogens with zero attached hydrogens (tertiary/aromatic N) is 1. The van der Waals surface area contributed by atoms with E-state index in [4.69, 9.17) is 5.11 Å². The third kappa shape index (κ3) is 2.99. The molecule has 4 N–H and O–H groups in total. The first-order valence-electron chi connectivity index (χ1n) is 3.38. The van der Waals surface area contributed by atoms with Gasteiger partial charge in [-0.15, -0.1) is 0 Å². The Morgan fingerprint density at radius 3 is 2.50 bits per heavy atom. The molecular weight excluding hydrogens is 210 g/mol. The number of pyridine rings is 1. The van der Waals surface area contributed by atoms with Gasteiger partial charge in [0.15, 0.2) is 0 Å². The Morgan fingerprint density at radius 1 is 1.50 bits per heavy atom. The molecule has 7 nitrogen and oxygen atoms in total. The van der Waals surface area contributed by atoms with Crippen molar-refractivity contribution in [3.63, 3.8) is 0 Å². The summed E-state index contributed by atoms with van der Waals surface area (Å²) in [4.78, 5) is 13.9. The van der Waals surface area contributed by atoms with E-state index < -0.39 is 16.2 Å². The average molecular weight is 217 g/mol. The van der Waals surface area contributed by atoms with Crippen LogP contribution in [0, 0.1) is 0 Å². The van der Waals surface area contributed by atoms with Gasteiger partial charge in [-0.05, 0) is 12.1 Å². The number of nitrogens with two attached hydrogens (primary N) is 1. The summed E-state index contributed by atoms with van der Waals surface area (Å²) in [6.45, 7) is 0. The normalized spacial score (nSPS) is 10.9. The van der Waals surface area contributed by atoms with Gasteiger partial charge in [0.2, 0.25) is 0 Å². The smallest absolute Gasteiger partial charge is 0.337 e. The molecule has 0 saturated carbocycles. The minimum atomic E-state index is -3.87. The SMILES string of the molecule is NS(=O)(=O)Nc1ccc(C(=O)O)cn1. The molecule has 8 heteroatoms. The van der Waals surface area contributed by atoms with Crippen LogP contribution in [0.25, 0.3) is 0 Å². The molecule has 0 saturated heterocycles. The molecule has 1 heterocycles. The number of aromatic nitrogens is 1. The van der Waals surface area contributed by atoms with E-state index >= 15 is 0 Å². The first-order chi connectivity index (χ1) is 6.38. The second-order valence-corrected chi connectivity index (χ2v) is 3.68. The van der Waals surface area contributed by atoms with E-state index in [-0.39, 0.29) is 11.4 Å². The molecule has 0 amide bonds. The van der Waals surface area contributed by atoms with Crippen LogP contribution in [0.2, 0.25) is 0 Å². The van der Waals surface area contributed by atoms with Crippen LogP contribution in [-0.2, 0) is 10.2 Å². The molecule has 1 aromatic rings. The molecule has 0 aliphatic carbocycles. The lowest BCUT2D eigenvalue weighted by Gasteiger charge is -2.01. The van der Waals surface area contributed by atoms with Gasteiger partial charge in [0.05, 0.1) is 5.56 Å². The van der Waals surface area contributed by atoms with E-state index in [0.29, 0.717) is 0 Å².